The summed E-state index contributed by atoms with van der Waals surface area (Å²) >= 11 is 15.8. The van der Waals surface area contributed by atoms with E-state index in [1.165, 1.54) is 6.08 Å². The minimum absolute atomic E-state index is 0.165. The Morgan fingerprint density at radius 3 is 2.42 bits per heavy atom. The van der Waals surface area contributed by atoms with Gasteiger partial charge in [-0.25, -0.2) is 9.69 Å². The van der Waals surface area contributed by atoms with Crippen LogP contribution in [0.2, 0.25) is 10.0 Å². The van der Waals surface area contributed by atoms with Gasteiger partial charge in [0.25, 0.3) is 11.8 Å². The van der Waals surface area contributed by atoms with Crippen LogP contribution in [0.25, 0.3) is 6.08 Å². The average molecular weight is 614 g/mol. The van der Waals surface area contributed by atoms with Crippen molar-refractivity contribution in [3.8, 4) is 5.75 Å². The Labute approximate surface area is 239 Å². The molecule has 194 valence electrons. The van der Waals surface area contributed by atoms with Crippen molar-refractivity contribution in [1.29, 1.82) is 0 Å². The monoisotopic (exact) mass is 612 g/mol. The summed E-state index contributed by atoms with van der Waals surface area (Å²) in [4.78, 5) is 39.4. The molecule has 0 aromatic heterocycles. The number of urea groups is 1. The number of allylic oxidation sites excluding steroid dienone is 1. The van der Waals surface area contributed by atoms with Crippen LogP contribution < -0.4 is 15.0 Å². The summed E-state index contributed by atoms with van der Waals surface area (Å²) in [6.45, 7) is 6.03. The largest absolute Gasteiger partial charge is 0.487 e. The Kier molecular flexibility index (Phi) is 8.72. The first-order valence-corrected chi connectivity index (χ1v) is 13.3. The highest BCUT2D eigenvalue weighted by Crippen LogP contribution is 2.34. The van der Waals surface area contributed by atoms with Crippen LogP contribution in [0.3, 0.4) is 0 Å². The Hall–Kier alpha value is -3.39. The van der Waals surface area contributed by atoms with Gasteiger partial charge in [-0.2, -0.15) is 0 Å². The van der Waals surface area contributed by atoms with Gasteiger partial charge in [-0.3, -0.25) is 14.9 Å². The van der Waals surface area contributed by atoms with E-state index < -0.39 is 17.8 Å². The first kappa shape index (κ1) is 27.6. The molecule has 1 heterocycles. The molecule has 0 spiro atoms. The van der Waals surface area contributed by atoms with Crippen molar-refractivity contribution in [2.45, 2.75) is 26.4 Å². The number of barbiturate groups is 1. The van der Waals surface area contributed by atoms with Crippen molar-refractivity contribution in [1.82, 2.24) is 5.32 Å². The number of amides is 4. The highest BCUT2D eigenvalue weighted by molar-refractivity contribution is 9.10. The third-order valence-corrected chi connectivity index (χ3v) is 7.09. The highest BCUT2D eigenvalue weighted by Gasteiger charge is 2.36. The average Bonchev–Trinajstić information content (AvgIpc) is 2.87. The fourth-order valence-corrected chi connectivity index (χ4v) is 5.05. The predicted octanol–water partition coefficient (Wildman–Crippen LogP) is 7.29. The zero-order valence-electron chi connectivity index (χ0n) is 20.4. The van der Waals surface area contributed by atoms with Gasteiger partial charge in [-0.05, 0) is 87.9 Å². The highest BCUT2D eigenvalue weighted by atomic mass is 79.9. The molecule has 4 rings (SSSR count). The summed E-state index contributed by atoms with van der Waals surface area (Å²) in [6.07, 6.45) is 4.46. The third-order valence-electron chi connectivity index (χ3n) is 5.91. The second-order valence-corrected chi connectivity index (χ2v) is 10.2. The van der Waals surface area contributed by atoms with Crippen LogP contribution in [-0.4, -0.2) is 17.8 Å². The Morgan fingerprint density at radius 2 is 1.76 bits per heavy atom. The number of nitrogens with zero attached hydrogens (tertiary/aromatic N) is 1. The molecule has 1 aliphatic rings. The lowest BCUT2D eigenvalue weighted by atomic mass is 10.0. The van der Waals surface area contributed by atoms with E-state index in [-0.39, 0.29) is 12.2 Å². The SMILES string of the molecule is C=CCc1cc(/C=C2/C(=O)NC(=O)N(c3ccc(CC)cc3)C2=O)cc(Br)c1OCc1ccc(Cl)cc1Cl. The van der Waals surface area contributed by atoms with E-state index >= 15 is 0 Å². The molecule has 0 bridgehead atoms. The molecule has 0 saturated carbocycles. The zero-order chi connectivity index (χ0) is 27.4. The summed E-state index contributed by atoms with van der Waals surface area (Å²) in [5.41, 5.74) is 3.38. The molecular formula is C29H23BrCl2N2O4. The smallest absolute Gasteiger partial charge is 0.335 e. The van der Waals surface area contributed by atoms with Gasteiger partial charge < -0.3 is 4.74 Å². The second kappa shape index (κ2) is 12.0. The molecule has 3 aromatic rings. The predicted molar refractivity (Wildman–Crippen MR) is 154 cm³/mol. The number of carbonyl (C=O) groups is 3. The molecule has 9 heteroatoms. The molecule has 0 atom stereocenters. The summed E-state index contributed by atoms with van der Waals surface area (Å²) in [7, 11) is 0. The lowest BCUT2D eigenvalue weighted by molar-refractivity contribution is -0.122. The van der Waals surface area contributed by atoms with Crippen molar-refractivity contribution in [2.24, 2.45) is 0 Å². The van der Waals surface area contributed by atoms with Gasteiger partial charge in [0, 0.05) is 15.6 Å². The van der Waals surface area contributed by atoms with Crippen LogP contribution in [0.15, 0.2) is 77.3 Å². The van der Waals surface area contributed by atoms with Gasteiger partial charge >= 0.3 is 6.03 Å². The molecule has 0 unspecified atom stereocenters. The fraction of sp³-hybridized carbons (Fsp3) is 0.138. The number of imide groups is 2. The first-order chi connectivity index (χ1) is 18.2. The molecule has 6 nitrogen and oxygen atoms in total. The number of hydrogen-bond donors (Lipinski definition) is 1. The lowest BCUT2D eigenvalue weighted by Crippen LogP contribution is -2.54. The molecule has 1 saturated heterocycles. The quantitative estimate of drug-likeness (QED) is 0.164. The standard InChI is InChI=1S/C29H23BrCl2N2O4/c1-3-5-19-12-18(14-24(30)26(19)38-16-20-8-9-21(31)15-25(20)32)13-23-27(35)33-29(37)34(28(23)36)22-10-6-17(4-2)7-11-22/h3,6-15H,1,4-5,16H2,2H3,(H,33,35,37)/b23-13-. The molecule has 1 aliphatic heterocycles. The molecule has 1 fully saturated rings. The molecule has 4 amide bonds. The zero-order valence-corrected chi connectivity index (χ0v) is 23.5. The number of aryl methyl sites for hydroxylation is 1. The van der Waals surface area contributed by atoms with Crippen LogP contribution in [-0.2, 0) is 29.0 Å². The first-order valence-electron chi connectivity index (χ1n) is 11.7. The summed E-state index contributed by atoms with van der Waals surface area (Å²) in [5, 5.41) is 3.28. The topological polar surface area (TPSA) is 75.7 Å². The molecule has 1 N–H and O–H groups in total. The molecule has 3 aromatic carbocycles. The van der Waals surface area contributed by atoms with E-state index in [4.69, 9.17) is 27.9 Å². The molecule has 0 aliphatic carbocycles. The number of halogens is 3. The third kappa shape index (κ3) is 6.01. The van der Waals surface area contributed by atoms with E-state index in [0.717, 1.165) is 28.0 Å². The van der Waals surface area contributed by atoms with Crippen molar-refractivity contribution < 1.29 is 19.1 Å². The summed E-state index contributed by atoms with van der Waals surface area (Å²) in [5.74, 6) is -0.895. The maximum Gasteiger partial charge on any atom is 0.335 e. The number of anilines is 1. The van der Waals surface area contributed by atoms with Gasteiger partial charge in [-0.15, -0.1) is 6.58 Å². The number of ether oxygens (including phenoxy) is 1. The number of benzene rings is 3. The van der Waals surface area contributed by atoms with E-state index in [0.29, 0.717) is 37.9 Å². The maximum absolute atomic E-state index is 13.3. The van der Waals surface area contributed by atoms with Crippen LogP contribution in [0.4, 0.5) is 10.5 Å². The normalized spacial score (nSPS) is 14.6. The van der Waals surface area contributed by atoms with Crippen LogP contribution >= 0.6 is 39.1 Å². The van der Waals surface area contributed by atoms with E-state index in [1.807, 2.05) is 19.1 Å². The van der Waals surface area contributed by atoms with Gasteiger partial charge in [0.2, 0.25) is 0 Å². The van der Waals surface area contributed by atoms with E-state index in [9.17, 15) is 14.4 Å². The minimum Gasteiger partial charge on any atom is -0.487 e. The van der Waals surface area contributed by atoms with Crippen LogP contribution in [0.1, 0.15) is 29.2 Å². The van der Waals surface area contributed by atoms with Gasteiger partial charge in [0.1, 0.15) is 17.9 Å². The second-order valence-electron chi connectivity index (χ2n) is 8.49. The lowest BCUT2D eigenvalue weighted by Gasteiger charge is -2.26. The maximum atomic E-state index is 13.3. The van der Waals surface area contributed by atoms with Crippen LogP contribution in [0, 0.1) is 0 Å². The number of nitrogens with one attached hydrogen (secondary N) is 1. The van der Waals surface area contributed by atoms with E-state index in [2.05, 4.69) is 27.8 Å². The van der Waals surface area contributed by atoms with Crippen molar-refractivity contribution >= 4 is 68.7 Å². The van der Waals surface area contributed by atoms with Crippen LogP contribution in [0.5, 0.6) is 5.75 Å². The summed E-state index contributed by atoms with van der Waals surface area (Å²) < 4.78 is 6.69. The van der Waals surface area contributed by atoms with Gasteiger partial charge in [-0.1, -0.05) is 54.4 Å². The Bertz CT molecular complexity index is 1470. The number of hydrogen-bond acceptors (Lipinski definition) is 4. The Balaban J connectivity index is 1.65. The molecule has 0 radical (unpaired) electrons. The molecule has 38 heavy (non-hydrogen) atoms. The van der Waals surface area contributed by atoms with Crippen molar-refractivity contribution in [3.63, 3.8) is 0 Å². The Morgan fingerprint density at radius 1 is 1.03 bits per heavy atom. The number of carbonyl (C=O) groups excluding carboxylic acids is 3. The summed E-state index contributed by atoms with van der Waals surface area (Å²) in [6, 6.07) is 15.0. The van der Waals surface area contributed by atoms with Gasteiger partial charge in [0.15, 0.2) is 0 Å². The van der Waals surface area contributed by atoms with Gasteiger partial charge in [0.05, 0.1) is 10.2 Å². The minimum atomic E-state index is -0.792. The number of rotatable bonds is 8. The molecular weight excluding hydrogens is 591 g/mol. The van der Waals surface area contributed by atoms with Crippen molar-refractivity contribution in [3.05, 3.63) is 110 Å². The van der Waals surface area contributed by atoms with E-state index in [1.54, 1.807) is 48.5 Å². The fourth-order valence-electron chi connectivity index (χ4n) is 3.95. The van der Waals surface area contributed by atoms with Crippen molar-refractivity contribution in [2.75, 3.05) is 4.90 Å².